The van der Waals surface area contributed by atoms with Gasteiger partial charge in [-0.1, -0.05) is 12.1 Å². The van der Waals surface area contributed by atoms with Crippen LogP contribution in [0.1, 0.15) is 32.6 Å². The molecule has 0 unspecified atom stereocenters. The number of non-ortho nitro benzene ring substituents is 1. The Morgan fingerprint density at radius 2 is 1.69 bits per heavy atom. The zero-order valence-electron chi connectivity index (χ0n) is 20.2. The molecule has 3 aromatic carbocycles. The molecule has 1 N–H and O–H groups in total. The summed E-state index contributed by atoms with van der Waals surface area (Å²) in [6, 6.07) is 13.7. The Balaban J connectivity index is 1.59. The second-order valence-electron chi connectivity index (χ2n) is 7.84. The summed E-state index contributed by atoms with van der Waals surface area (Å²) >= 11 is 0. The molecule has 0 aliphatic heterocycles. The quantitative estimate of drug-likeness (QED) is 0.155. The average Bonchev–Trinajstić information content (AvgIpc) is 2.87. The van der Waals surface area contributed by atoms with Crippen molar-refractivity contribution < 1.29 is 28.7 Å². The van der Waals surface area contributed by atoms with E-state index in [1.807, 2.05) is 32.9 Å². The van der Waals surface area contributed by atoms with Crippen LogP contribution in [0.25, 0.3) is 0 Å². The number of rotatable bonds is 9. The van der Waals surface area contributed by atoms with Crippen LogP contribution in [0.4, 0.5) is 5.69 Å². The zero-order valence-corrected chi connectivity index (χ0v) is 20.2. The molecule has 3 rings (SSSR count). The van der Waals surface area contributed by atoms with Gasteiger partial charge < -0.3 is 14.2 Å². The van der Waals surface area contributed by atoms with Gasteiger partial charge in [-0.05, 0) is 73.4 Å². The number of aryl methyl sites for hydroxylation is 2. The molecule has 3 aromatic rings. The normalized spacial score (nSPS) is 10.7. The zero-order chi connectivity index (χ0) is 26.2. The van der Waals surface area contributed by atoms with Crippen molar-refractivity contribution in [3.05, 3.63) is 92.5 Å². The molecule has 0 bridgehead atoms. The van der Waals surface area contributed by atoms with Gasteiger partial charge in [-0.3, -0.25) is 14.9 Å². The van der Waals surface area contributed by atoms with E-state index in [9.17, 15) is 19.7 Å². The van der Waals surface area contributed by atoms with Crippen LogP contribution in [0.15, 0.2) is 59.7 Å². The Bertz CT molecular complexity index is 1320. The molecule has 0 saturated carbocycles. The molecule has 0 aliphatic carbocycles. The summed E-state index contributed by atoms with van der Waals surface area (Å²) in [5.74, 6) is -0.0329. The van der Waals surface area contributed by atoms with Gasteiger partial charge in [0.2, 0.25) is 0 Å². The van der Waals surface area contributed by atoms with Gasteiger partial charge in [0.1, 0.15) is 5.75 Å². The van der Waals surface area contributed by atoms with Crippen molar-refractivity contribution >= 4 is 23.8 Å². The number of hydrogen-bond donors (Lipinski definition) is 1. The van der Waals surface area contributed by atoms with Crippen molar-refractivity contribution in [2.75, 3.05) is 13.7 Å². The third kappa shape index (κ3) is 6.44. The van der Waals surface area contributed by atoms with Gasteiger partial charge in [-0.25, -0.2) is 10.2 Å². The molecule has 0 aromatic heterocycles. The van der Waals surface area contributed by atoms with Crippen molar-refractivity contribution in [3.63, 3.8) is 0 Å². The molecule has 0 fully saturated rings. The maximum atomic E-state index is 12.4. The smallest absolute Gasteiger partial charge is 0.343 e. The van der Waals surface area contributed by atoms with Gasteiger partial charge in [0, 0.05) is 12.1 Å². The van der Waals surface area contributed by atoms with Crippen LogP contribution in [0, 0.1) is 30.9 Å². The maximum absolute atomic E-state index is 12.4. The molecular formula is C26H25N3O7. The molecule has 36 heavy (non-hydrogen) atoms. The Morgan fingerprint density at radius 1 is 1.00 bits per heavy atom. The second-order valence-corrected chi connectivity index (χ2v) is 7.84. The number of hydrazone groups is 1. The number of methoxy groups -OCH3 is 1. The van der Waals surface area contributed by atoms with Gasteiger partial charge in [-0.2, -0.15) is 5.10 Å². The molecule has 1 amide bonds. The first-order chi connectivity index (χ1) is 17.2. The predicted octanol–water partition coefficient (Wildman–Crippen LogP) is 4.28. The fourth-order valence-corrected chi connectivity index (χ4v) is 3.22. The molecule has 0 radical (unpaired) electrons. The monoisotopic (exact) mass is 491 g/mol. The second kappa shape index (κ2) is 11.6. The predicted molar refractivity (Wildman–Crippen MR) is 133 cm³/mol. The van der Waals surface area contributed by atoms with Crippen LogP contribution in [-0.2, 0) is 4.79 Å². The van der Waals surface area contributed by atoms with Crippen LogP contribution < -0.4 is 19.6 Å². The summed E-state index contributed by atoms with van der Waals surface area (Å²) < 4.78 is 16.3. The summed E-state index contributed by atoms with van der Waals surface area (Å²) in [5, 5.41) is 14.7. The van der Waals surface area contributed by atoms with E-state index in [1.54, 1.807) is 12.1 Å². The standard InChI is InChI=1S/C26H25N3O7/c1-16-5-6-17(2)25(18(16)3)35-15-24(30)28-27-14-19-7-12-22(23(13-19)34-4)36-26(31)20-8-10-21(11-9-20)29(32)33/h5-14H,15H2,1-4H3,(H,28,30). The number of benzene rings is 3. The minimum absolute atomic E-state index is 0.133. The number of carbonyl (C=O) groups is 2. The molecule has 10 heteroatoms. The minimum atomic E-state index is -0.698. The Labute approximate surface area is 207 Å². The summed E-state index contributed by atoms with van der Waals surface area (Å²) in [6.07, 6.45) is 1.41. The molecule has 0 saturated heterocycles. The van der Waals surface area contributed by atoms with Gasteiger partial charge in [-0.15, -0.1) is 0 Å². The number of nitro benzene ring substituents is 1. The van der Waals surface area contributed by atoms with Crippen molar-refractivity contribution in [2.45, 2.75) is 20.8 Å². The van der Waals surface area contributed by atoms with Crippen LogP contribution in [0.3, 0.4) is 0 Å². The van der Waals surface area contributed by atoms with Crippen LogP contribution in [0.5, 0.6) is 17.2 Å². The first kappa shape index (κ1) is 25.9. The summed E-state index contributed by atoms with van der Waals surface area (Å²) in [7, 11) is 1.41. The van der Waals surface area contributed by atoms with E-state index in [4.69, 9.17) is 14.2 Å². The molecular weight excluding hydrogens is 466 g/mol. The molecule has 0 aliphatic rings. The van der Waals surface area contributed by atoms with Gasteiger partial charge in [0.15, 0.2) is 18.1 Å². The topological polar surface area (TPSA) is 129 Å². The van der Waals surface area contributed by atoms with E-state index >= 15 is 0 Å². The van der Waals surface area contributed by atoms with Crippen molar-refractivity contribution in [1.82, 2.24) is 5.43 Å². The van der Waals surface area contributed by atoms with E-state index < -0.39 is 16.8 Å². The van der Waals surface area contributed by atoms with Crippen molar-refractivity contribution in [1.29, 1.82) is 0 Å². The van der Waals surface area contributed by atoms with Crippen molar-refractivity contribution in [3.8, 4) is 17.2 Å². The largest absolute Gasteiger partial charge is 0.493 e. The lowest BCUT2D eigenvalue weighted by molar-refractivity contribution is -0.384. The number of nitrogens with zero attached hydrogens (tertiary/aromatic N) is 2. The van der Waals surface area contributed by atoms with E-state index in [0.29, 0.717) is 11.3 Å². The van der Waals surface area contributed by atoms with E-state index in [1.165, 1.54) is 43.7 Å². The first-order valence-electron chi connectivity index (χ1n) is 10.9. The number of ether oxygens (including phenoxy) is 3. The summed E-state index contributed by atoms with van der Waals surface area (Å²) in [4.78, 5) is 34.7. The minimum Gasteiger partial charge on any atom is -0.493 e. The SMILES string of the molecule is COc1cc(C=NNC(=O)COc2c(C)ccc(C)c2C)ccc1OC(=O)c1ccc([N+](=O)[O-])cc1. The molecule has 186 valence electrons. The lowest BCUT2D eigenvalue weighted by Gasteiger charge is -2.13. The number of amides is 1. The number of carbonyl (C=O) groups excluding carboxylic acids is 2. The van der Waals surface area contributed by atoms with E-state index in [-0.39, 0.29) is 29.4 Å². The molecule has 10 nitrogen and oxygen atoms in total. The van der Waals surface area contributed by atoms with Crippen LogP contribution >= 0.6 is 0 Å². The maximum Gasteiger partial charge on any atom is 0.343 e. The Morgan fingerprint density at radius 3 is 2.36 bits per heavy atom. The first-order valence-corrected chi connectivity index (χ1v) is 10.9. The molecule has 0 spiro atoms. The lowest BCUT2D eigenvalue weighted by atomic mass is 10.1. The van der Waals surface area contributed by atoms with Crippen LogP contribution in [-0.4, -0.2) is 36.7 Å². The highest BCUT2D eigenvalue weighted by atomic mass is 16.6. The number of nitrogens with one attached hydrogen (secondary N) is 1. The lowest BCUT2D eigenvalue weighted by Crippen LogP contribution is -2.25. The average molecular weight is 492 g/mol. The number of esters is 1. The van der Waals surface area contributed by atoms with Gasteiger partial charge >= 0.3 is 5.97 Å². The third-order valence-corrected chi connectivity index (χ3v) is 5.33. The van der Waals surface area contributed by atoms with Crippen LogP contribution in [0.2, 0.25) is 0 Å². The third-order valence-electron chi connectivity index (χ3n) is 5.33. The highest BCUT2D eigenvalue weighted by Crippen LogP contribution is 2.29. The highest BCUT2D eigenvalue weighted by molar-refractivity contribution is 5.92. The fourth-order valence-electron chi connectivity index (χ4n) is 3.22. The summed E-state index contributed by atoms with van der Waals surface area (Å²) in [6.45, 7) is 5.64. The van der Waals surface area contributed by atoms with Gasteiger partial charge in [0.25, 0.3) is 11.6 Å². The Hall–Kier alpha value is -4.73. The van der Waals surface area contributed by atoms with Crippen molar-refractivity contribution in [2.24, 2.45) is 5.10 Å². The molecule has 0 heterocycles. The fraction of sp³-hybridized carbons (Fsp3) is 0.192. The number of nitro groups is 1. The highest BCUT2D eigenvalue weighted by Gasteiger charge is 2.15. The Kier molecular flexibility index (Phi) is 8.35. The van der Waals surface area contributed by atoms with E-state index in [2.05, 4.69) is 10.5 Å². The van der Waals surface area contributed by atoms with Gasteiger partial charge in [0.05, 0.1) is 23.8 Å². The molecule has 0 atom stereocenters. The summed E-state index contributed by atoms with van der Waals surface area (Å²) in [5.41, 5.74) is 5.99. The van der Waals surface area contributed by atoms with E-state index in [0.717, 1.165) is 16.7 Å². The number of hydrogen-bond acceptors (Lipinski definition) is 8.